The molecule has 28 heavy (non-hydrogen) atoms. The van der Waals surface area contributed by atoms with Gasteiger partial charge in [0.15, 0.2) is 17.3 Å². The highest BCUT2D eigenvalue weighted by atomic mass is 16.5. The Balaban J connectivity index is 1.65. The van der Waals surface area contributed by atoms with Crippen molar-refractivity contribution in [3.05, 3.63) is 65.4 Å². The summed E-state index contributed by atoms with van der Waals surface area (Å²) in [5, 5.41) is 6.88. The molecule has 0 unspecified atom stereocenters. The first-order chi connectivity index (χ1) is 13.6. The van der Waals surface area contributed by atoms with Crippen LogP contribution in [0.5, 0.6) is 11.5 Å². The molecule has 0 saturated carbocycles. The Morgan fingerprint density at radius 2 is 1.71 bits per heavy atom. The van der Waals surface area contributed by atoms with Gasteiger partial charge in [-0.2, -0.15) is 0 Å². The van der Waals surface area contributed by atoms with Crippen molar-refractivity contribution in [3.8, 4) is 22.8 Å². The van der Waals surface area contributed by atoms with E-state index in [4.69, 9.17) is 14.0 Å². The van der Waals surface area contributed by atoms with Crippen molar-refractivity contribution in [1.29, 1.82) is 0 Å². The van der Waals surface area contributed by atoms with Crippen LogP contribution in [0.4, 0.5) is 0 Å². The molecule has 0 radical (unpaired) electrons. The fourth-order valence-electron chi connectivity index (χ4n) is 2.71. The monoisotopic (exact) mass is 380 g/mol. The lowest BCUT2D eigenvalue weighted by Gasteiger charge is -2.12. The van der Waals surface area contributed by atoms with Crippen LogP contribution in [-0.2, 0) is 6.54 Å². The van der Waals surface area contributed by atoms with Crippen LogP contribution < -0.4 is 14.8 Å². The van der Waals surface area contributed by atoms with E-state index in [0.717, 1.165) is 5.56 Å². The summed E-state index contributed by atoms with van der Waals surface area (Å²) >= 11 is 0. The smallest absolute Gasteiger partial charge is 0.251 e. The number of amides is 1. The van der Waals surface area contributed by atoms with Crippen LogP contribution in [0.2, 0.25) is 0 Å². The zero-order chi connectivity index (χ0) is 19.9. The Morgan fingerprint density at radius 3 is 2.43 bits per heavy atom. The fourth-order valence-corrected chi connectivity index (χ4v) is 2.71. The summed E-state index contributed by atoms with van der Waals surface area (Å²) in [6, 6.07) is 15.0. The van der Waals surface area contributed by atoms with E-state index in [1.807, 2.05) is 51.1 Å². The van der Waals surface area contributed by atoms with E-state index in [0.29, 0.717) is 41.7 Å². The highest BCUT2D eigenvalue weighted by Gasteiger charge is 2.13. The molecule has 0 aliphatic heterocycles. The van der Waals surface area contributed by atoms with Crippen LogP contribution in [0, 0.1) is 6.92 Å². The molecule has 0 fully saturated rings. The number of benzene rings is 2. The first-order valence-corrected chi connectivity index (χ1v) is 9.31. The van der Waals surface area contributed by atoms with Gasteiger partial charge in [0.25, 0.3) is 5.91 Å². The first-order valence-electron chi connectivity index (χ1n) is 9.31. The molecule has 1 N–H and O–H groups in total. The maximum absolute atomic E-state index is 12.5. The molecule has 0 bridgehead atoms. The number of aryl methyl sites for hydroxylation is 1. The van der Waals surface area contributed by atoms with Gasteiger partial charge in [0.05, 0.1) is 19.8 Å². The molecule has 1 heterocycles. The minimum Gasteiger partial charge on any atom is -0.490 e. The Kier molecular flexibility index (Phi) is 6.32. The van der Waals surface area contributed by atoms with E-state index in [2.05, 4.69) is 10.5 Å². The topological polar surface area (TPSA) is 73.6 Å². The molecule has 3 rings (SSSR count). The fraction of sp³-hybridized carbons (Fsp3) is 0.273. The Hall–Kier alpha value is -3.28. The highest BCUT2D eigenvalue weighted by molar-refractivity contribution is 5.94. The summed E-state index contributed by atoms with van der Waals surface area (Å²) in [6.07, 6.45) is 0. The number of hydrogen-bond donors (Lipinski definition) is 1. The molecule has 0 aliphatic carbocycles. The van der Waals surface area contributed by atoms with Crippen molar-refractivity contribution in [2.75, 3.05) is 13.2 Å². The summed E-state index contributed by atoms with van der Waals surface area (Å²) < 4.78 is 16.5. The molecule has 6 heteroatoms. The van der Waals surface area contributed by atoms with E-state index in [-0.39, 0.29) is 12.5 Å². The van der Waals surface area contributed by atoms with Gasteiger partial charge in [-0.05, 0) is 39.0 Å². The normalized spacial score (nSPS) is 10.5. The van der Waals surface area contributed by atoms with Crippen molar-refractivity contribution in [2.24, 2.45) is 0 Å². The van der Waals surface area contributed by atoms with Crippen LogP contribution in [0.15, 0.2) is 53.1 Å². The van der Waals surface area contributed by atoms with E-state index in [1.165, 1.54) is 5.56 Å². The van der Waals surface area contributed by atoms with Crippen LogP contribution >= 0.6 is 0 Å². The van der Waals surface area contributed by atoms with Gasteiger partial charge >= 0.3 is 0 Å². The Bertz CT molecular complexity index is 932. The van der Waals surface area contributed by atoms with E-state index in [9.17, 15) is 4.79 Å². The van der Waals surface area contributed by atoms with E-state index in [1.54, 1.807) is 18.2 Å². The summed E-state index contributed by atoms with van der Waals surface area (Å²) in [7, 11) is 0. The third-order valence-corrected chi connectivity index (χ3v) is 4.13. The minimum absolute atomic E-state index is 0.219. The van der Waals surface area contributed by atoms with Crippen molar-refractivity contribution in [3.63, 3.8) is 0 Å². The molecule has 1 amide bonds. The number of rotatable bonds is 8. The van der Waals surface area contributed by atoms with Crippen LogP contribution in [0.25, 0.3) is 11.3 Å². The summed E-state index contributed by atoms with van der Waals surface area (Å²) in [4.78, 5) is 12.5. The van der Waals surface area contributed by atoms with Crippen molar-refractivity contribution in [1.82, 2.24) is 10.5 Å². The second-order valence-electron chi connectivity index (χ2n) is 6.26. The number of carbonyl (C=O) groups is 1. The van der Waals surface area contributed by atoms with Gasteiger partial charge in [-0.15, -0.1) is 0 Å². The van der Waals surface area contributed by atoms with Crippen molar-refractivity contribution >= 4 is 5.91 Å². The van der Waals surface area contributed by atoms with E-state index < -0.39 is 0 Å². The number of nitrogens with one attached hydrogen (secondary N) is 1. The lowest BCUT2D eigenvalue weighted by atomic mass is 10.1. The zero-order valence-corrected chi connectivity index (χ0v) is 16.3. The Morgan fingerprint density at radius 1 is 1.00 bits per heavy atom. The number of nitrogens with zero attached hydrogens (tertiary/aromatic N) is 1. The maximum Gasteiger partial charge on any atom is 0.251 e. The number of aromatic nitrogens is 1. The molecule has 2 aromatic carbocycles. The quantitative estimate of drug-likeness (QED) is 0.628. The molecule has 1 aromatic heterocycles. The van der Waals surface area contributed by atoms with Crippen LogP contribution in [0.1, 0.15) is 35.5 Å². The van der Waals surface area contributed by atoms with Gasteiger partial charge < -0.3 is 19.3 Å². The summed E-state index contributed by atoms with van der Waals surface area (Å²) in [6.45, 7) is 7.11. The summed E-state index contributed by atoms with van der Waals surface area (Å²) in [5.41, 5.74) is 3.27. The standard InChI is InChI=1S/C22H24N2O4/c1-4-26-19-11-10-17(12-21(19)27-5-2)22(25)23-14-18-13-20(28-24-18)16-8-6-15(3)7-9-16/h6-13H,4-5,14H2,1-3H3,(H,23,25). The molecular formula is C22H24N2O4. The second kappa shape index (κ2) is 9.08. The lowest BCUT2D eigenvalue weighted by Crippen LogP contribution is -2.23. The zero-order valence-electron chi connectivity index (χ0n) is 16.3. The van der Waals surface area contributed by atoms with Crippen molar-refractivity contribution in [2.45, 2.75) is 27.3 Å². The van der Waals surface area contributed by atoms with Gasteiger partial charge in [0, 0.05) is 17.2 Å². The van der Waals surface area contributed by atoms with Gasteiger partial charge in [-0.25, -0.2) is 0 Å². The molecule has 0 atom stereocenters. The highest BCUT2D eigenvalue weighted by Crippen LogP contribution is 2.28. The SMILES string of the molecule is CCOc1ccc(C(=O)NCc2cc(-c3ccc(C)cc3)on2)cc1OCC. The molecule has 0 saturated heterocycles. The van der Waals surface area contributed by atoms with Gasteiger partial charge in [-0.3, -0.25) is 4.79 Å². The predicted molar refractivity (Wildman–Crippen MR) is 107 cm³/mol. The predicted octanol–water partition coefficient (Wildman–Crippen LogP) is 4.38. The average molecular weight is 380 g/mol. The molecule has 6 nitrogen and oxygen atoms in total. The third-order valence-electron chi connectivity index (χ3n) is 4.13. The van der Waals surface area contributed by atoms with Crippen LogP contribution in [0.3, 0.4) is 0 Å². The number of ether oxygens (including phenoxy) is 2. The lowest BCUT2D eigenvalue weighted by molar-refractivity contribution is 0.0949. The first kappa shape index (κ1) is 19.5. The van der Waals surface area contributed by atoms with Crippen molar-refractivity contribution < 1.29 is 18.8 Å². The van der Waals surface area contributed by atoms with Crippen LogP contribution in [-0.4, -0.2) is 24.3 Å². The molecule has 146 valence electrons. The number of hydrogen-bond acceptors (Lipinski definition) is 5. The average Bonchev–Trinajstić information content (AvgIpc) is 3.17. The minimum atomic E-state index is -0.219. The summed E-state index contributed by atoms with van der Waals surface area (Å²) in [5.74, 6) is 1.63. The molecular weight excluding hydrogens is 356 g/mol. The molecule has 0 aliphatic rings. The van der Waals surface area contributed by atoms with E-state index >= 15 is 0 Å². The molecule has 3 aromatic rings. The Labute approximate surface area is 164 Å². The second-order valence-corrected chi connectivity index (χ2v) is 6.26. The third kappa shape index (κ3) is 4.71. The van der Waals surface area contributed by atoms with Gasteiger partial charge in [0.2, 0.25) is 0 Å². The molecule has 0 spiro atoms. The maximum atomic E-state index is 12.5. The van der Waals surface area contributed by atoms with Gasteiger partial charge in [0.1, 0.15) is 5.69 Å². The van der Waals surface area contributed by atoms with Gasteiger partial charge in [-0.1, -0.05) is 35.0 Å². The largest absolute Gasteiger partial charge is 0.490 e. The number of carbonyl (C=O) groups excluding carboxylic acids is 1.